The van der Waals surface area contributed by atoms with Crippen LogP contribution < -0.4 is 0 Å². The summed E-state index contributed by atoms with van der Waals surface area (Å²) in [6.07, 6.45) is 20.4. The van der Waals surface area contributed by atoms with Crippen molar-refractivity contribution in [1.82, 2.24) is 0 Å². The van der Waals surface area contributed by atoms with Gasteiger partial charge in [-0.2, -0.15) is 0 Å². The zero-order valence-corrected chi connectivity index (χ0v) is 14.6. The average molecular weight is 315 g/mol. The second-order valence-corrected chi connectivity index (χ2v) is 6.22. The van der Waals surface area contributed by atoms with Crippen molar-refractivity contribution in [2.75, 3.05) is 13.2 Å². The van der Waals surface area contributed by atoms with Gasteiger partial charge in [0.15, 0.2) is 0 Å². The van der Waals surface area contributed by atoms with Gasteiger partial charge in [0.25, 0.3) is 0 Å². The lowest BCUT2D eigenvalue weighted by Crippen LogP contribution is -2.17. The largest absolute Gasteiger partial charge is 0.499 e. The van der Waals surface area contributed by atoms with Crippen LogP contribution in [0.4, 0.5) is 0 Å². The minimum atomic E-state index is -0.767. The molecular formula is C19H38O3. The van der Waals surface area contributed by atoms with Gasteiger partial charge in [0.05, 0.1) is 12.9 Å². The Labute approximate surface area is 137 Å². The lowest BCUT2D eigenvalue weighted by atomic mass is 10.0. The van der Waals surface area contributed by atoms with E-state index in [4.69, 9.17) is 14.9 Å². The summed E-state index contributed by atoms with van der Waals surface area (Å²) in [6, 6.07) is 0. The molecule has 0 amide bonds. The van der Waals surface area contributed by atoms with Crippen molar-refractivity contribution in [2.45, 2.75) is 96.5 Å². The van der Waals surface area contributed by atoms with Gasteiger partial charge in [0, 0.05) is 0 Å². The molecule has 0 aromatic heterocycles. The minimum absolute atomic E-state index is 0.172. The number of hydrogen-bond donors (Lipinski definition) is 2. The molecule has 0 fully saturated rings. The first-order valence-corrected chi connectivity index (χ1v) is 9.36. The molecule has 3 heteroatoms. The summed E-state index contributed by atoms with van der Waals surface area (Å²) in [5.74, 6) is 0. The highest BCUT2D eigenvalue weighted by Crippen LogP contribution is 2.12. The normalized spacial score (nSPS) is 12.9. The molecule has 0 aliphatic rings. The molecule has 0 aromatic carbocycles. The van der Waals surface area contributed by atoms with E-state index in [1.807, 2.05) is 6.08 Å². The van der Waals surface area contributed by atoms with Gasteiger partial charge in [-0.25, -0.2) is 0 Å². The van der Waals surface area contributed by atoms with Crippen LogP contribution in [0.5, 0.6) is 0 Å². The van der Waals surface area contributed by atoms with Crippen LogP contribution in [0, 0.1) is 0 Å². The number of hydrogen-bond acceptors (Lipinski definition) is 3. The summed E-state index contributed by atoms with van der Waals surface area (Å²) in [4.78, 5) is 0. The highest BCUT2D eigenvalue weighted by molar-refractivity contribution is 4.73. The number of ether oxygens (including phenoxy) is 1. The predicted octanol–water partition coefficient (Wildman–Crippen LogP) is 4.96. The Morgan fingerprint density at radius 3 is 1.82 bits per heavy atom. The summed E-state index contributed by atoms with van der Waals surface area (Å²) in [5, 5.41) is 17.7. The van der Waals surface area contributed by atoms with E-state index in [9.17, 15) is 0 Å². The van der Waals surface area contributed by atoms with Gasteiger partial charge in [0.2, 0.25) is 0 Å². The molecular weight excluding hydrogens is 276 g/mol. The van der Waals surface area contributed by atoms with Gasteiger partial charge >= 0.3 is 0 Å². The molecule has 0 bridgehead atoms. The fourth-order valence-electron chi connectivity index (χ4n) is 2.46. The van der Waals surface area contributed by atoms with E-state index >= 15 is 0 Å². The third-order valence-corrected chi connectivity index (χ3v) is 3.92. The fourth-order valence-corrected chi connectivity index (χ4v) is 2.46. The molecule has 0 aliphatic carbocycles. The monoisotopic (exact) mass is 314 g/mol. The van der Waals surface area contributed by atoms with Crippen molar-refractivity contribution >= 4 is 0 Å². The number of rotatable bonds is 17. The summed E-state index contributed by atoms with van der Waals surface area (Å²) >= 11 is 0. The molecule has 132 valence electrons. The standard InChI is InChI=1S/C19H38O3/c1-2-3-4-5-6-7-8-9-10-11-12-13-14-15-16-22-18-19(21)17-20/h15-16,19-21H,2-14,17-18H2,1H3/b16-15+/t19-/m0/s1. The third kappa shape index (κ3) is 17.5. The van der Waals surface area contributed by atoms with E-state index in [0.29, 0.717) is 0 Å². The predicted molar refractivity (Wildman–Crippen MR) is 93.9 cm³/mol. The van der Waals surface area contributed by atoms with Crippen LogP contribution >= 0.6 is 0 Å². The van der Waals surface area contributed by atoms with Gasteiger partial charge in [0.1, 0.15) is 12.7 Å². The second-order valence-electron chi connectivity index (χ2n) is 6.22. The van der Waals surface area contributed by atoms with Gasteiger partial charge in [-0.05, 0) is 18.9 Å². The van der Waals surface area contributed by atoms with Crippen molar-refractivity contribution in [3.8, 4) is 0 Å². The van der Waals surface area contributed by atoms with E-state index < -0.39 is 6.10 Å². The Balaban J connectivity index is 3.06. The molecule has 0 rings (SSSR count). The zero-order valence-electron chi connectivity index (χ0n) is 14.6. The first-order chi connectivity index (χ1) is 10.8. The molecule has 0 aromatic rings. The van der Waals surface area contributed by atoms with Gasteiger partial charge < -0.3 is 14.9 Å². The Morgan fingerprint density at radius 2 is 1.32 bits per heavy atom. The SMILES string of the molecule is CCCCCCCCCCCCCC/C=C/OC[C@@H](O)CO. The molecule has 3 nitrogen and oxygen atoms in total. The quantitative estimate of drug-likeness (QED) is 0.295. The number of aliphatic hydroxyl groups excluding tert-OH is 2. The van der Waals surface area contributed by atoms with Crippen LogP contribution in [0.1, 0.15) is 90.4 Å². The van der Waals surface area contributed by atoms with E-state index in [0.717, 1.165) is 6.42 Å². The van der Waals surface area contributed by atoms with Crippen LogP contribution in [0.15, 0.2) is 12.3 Å². The summed E-state index contributed by atoms with van der Waals surface area (Å²) in [5.41, 5.74) is 0. The minimum Gasteiger partial charge on any atom is -0.499 e. The van der Waals surface area contributed by atoms with Crippen molar-refractivity contribution < 1.29 is 14.9 Å². The van der Waals surface area contributed by atoms with Gasteiger partial charge in [-0.1, -0.05) is 77.6 Å². The van der Waals surface area contributed by atoms with E-state index in [-0.39, 0.29) is 13.2 Å². The van der Waals surface area contributed by atoms with E-state index in [1.54, 1.807) is 6.26 Å². The third-order valence-electron chi connectivity index (χ3n) is 3.92. The molecule has 0 unspecified atom stereocenters. The Bertz CT molecular complexity index is 229. The fraction of sp³-hybridized carbons (Fsp3) is 0.895. The van der Waals surface area contributed by atoms with Crippen LogP contribution in [0.3, 0.4) is 0 Å². The first-order valence-electron chi connectivity index (χ1n) is 9.36. The smallest absolute Gasteiger partial charge is 0.115 e. The van der Waals surface area contributed by atoms with Crippen molar-refractivity contribution in [3.05, 3.63) is 12.3 Å². The van der Waals surface area contributed by atoms with Crippen LogP contribution in [-0.2, 0) is 4.74 Å². The maximum Gasteiger partial charge on any atom is 0.115 e. The first kappa shape index (κ1) is 21.5. The maximum atomic E-state index is 9.06. The summed E-state index contributed by atoms with van der Waals surface area (Å²) in [6.45, 7) is 2.20. The maximum absolute atomic E-state index is 9.06. The molecule has 0 spiro atoms. The molecule has 0 saturated carbocycles. The summed E-state index contributed by atoms with van der Waals surface area (Å²) in [7, 11) is 0. The molecule has 0 radical (unpaired) electrons. The molecule has 0 saturated heterocycles. The second kappa shape index (κ2) is 18.5. The number of unbranched alkanes of at least 4 members (excludes halogenated alkanes) is 12. The van der Waals surface area contributed by atoms with Gasteiger partial charge in [-0.15, -0.1) is 0 Å². The zero-order chi connectivity index (χ0) is 16.3. The highest BCUT2D eigenvalue weighted by atomic mass is 16.5. The molecule has 22 heavy (non-hydrogen) atoms. The van der Waals surface area contributed by atoms with Crippen LogP contribution in [0.25, 0.3) is 0 Å². The Kier molecular flexibility index (Phi) is 18.1. The van der Waals surface area contributed by atoms with Gasteiger partial charge in [-0.3, -0.25) is 0 Å². The molecule has 1 atom stereocenters. The lowest BCUT2D eigenvalue weighted by molar-refractivity contribution is 0.0383. The number of allylic oxidation sites excluding steroid dienone is 1. The highest BCUT2D eigenvalue weighted by Gasteiger charge is 1.98. The summed E-state index contributed by atoms with van der Waals surface area (Å²) < 4.78 is 5.10. The topological polar surface area (TPSA) is 49.7 Å². The molecule has 0 heterocycles. The van der Waals surface area contributed by atoms with Crippen LogP contribution in [-0.4, -0.2) is 29.5 Å². The van der Waals surface area contributed by atoms with Crippen molar-refractivity contribution in [3.63, 3.8) is 0 Å². The van der Waals surface area contributed by atoms with Crippen molar-refractivity contribution in [1.29, 1.82) is 0 Å². The van der Waals surface area contributed by atoms with E-state index in [2.05, 4.69) is 6.92 Å². The molecule has 0 aliphatic heterocycles. The average Bonchev–Trinajstić information content (AvgIpc) is 2.54. The number of aliphatic hydroxyl groups is 2. The van der Waals surface area contributed by atoms with E-state index in [1.165, 1.54) is 77.0 Å². The van der Waals surface area contributed by atoms with Crippen LogP contribution in [0.2, 0.25) is 0 Å². The lowest BCUT2D eigenvalue weighted by Gasteiger charge is -2.05. The molecule has 2 N–H and O–H groups in total. The Hall–Kier alpha value is -0.540. The Morgan fingerprint density at radius 1 is 0.818 bits per heavy atom. The van der Waals surface area contributed by atoms with Crippen molar-refractivity contribution in [2.24, 2.45) is 0 Å².